The quantitative estimate of drug-likeness (QED) is 0.421. The number of ether oxygens (including phenoxy) is 1. The lowest BCUT2D eigenvalue weighted by atomic mass is 10.2. The van der Waals surface area contributed by atoms with E-state index < -0.39 is 5.82 Å². The van der Waals surface area contributed by atoms with Crippen molar-refractivity contribution in [2.45, 2.75) is 5.16 Å². The Labute approximate surface area is 141 Å². The monoisotopic (exact) mass is 348 g/mol. The molecule has 0 aliphatic rings. The predicted molar refractivity (Wildman–Crippen MR) is 88.2 cm³/mol. The average molecular weight is 348 g/mol. The predicted octanol–water partition coefficient (Wildman–Crippen LogP) is 3.11. The van der Waals surface area contributed by atoms with E-state index in [2.05, 4.69) is 10.2 Å². The molecule has 0 amide bonds. The molecule has 1 heterocycles. The van der Waals surface area contributed by atoms with E-state index in [1.54, 1.807) is 30.3 Å². The summed E-state index contributed by atoms with van der Waals surface area (Å²) in [6.45, 7) is 0.343. The first kappa shape index (κ1) is 16.3. The van der Waals surface area contributed by atoms with Crippen LogP contribution in [0.3, 0.4) is 0 Å². The summed E-state index contributed by atoms with van der Waals surface area (Å²) in [4.78, 5) is 0. The number of rotatable bonds is 6. The van der Waals surface area contributed by atoms with E-state index in [-0.39, 0.29) is 17.2 Å². The Hall–Kier alpha value is -2.61. The number of nitrogens with two attached hydrogens (primary N) is 1. The second-order valence-corrected chi connectivity index (χ2v) is 5.87. The smallest absolute Gasteiger partial charge is 0.210 e. The van der Waals surface area contributed by atoms with Crippen molar-refractivity contribution in [2.75, 3.05) is 18.2 Å². The molecule has 0 radical (unpaired) electrons. The van der Waals surface area contributed by atoms with Crippen LogP contribution in [0, 0.1) is 11.6 Å². The van der Waals surface area contributed by atoms with E-state index in [0.717, 1.165) is 0 Å². The zero-order valence-corrected chi connectivity index (χ0v) is 13.3. The first-order valence-corrected chi connectivity index (χ1v) is 8.10. The van der Waals surface area contributed by atoms with Crippen molar-refractivity contribution in [2.24, 2.45) is 0 Å². The summed E-state index contributed by atoms with van der Waals surface area (Å²) < 4.78 is 33.5. The van der Waals surface area contributed by atoms with Gasteiger partial charge in [-0.15, -0.1) is 10.2 Å². The fourth-order valence-corrected chi connectivity index (χ4v) is 2.72. The molecule has 0 aliphatic heterocycles. The largest absolute Gasteiger partial charge is 0.493 e. The summed E-state index contributed by atoms with van der Waals surface area (Å²) in [5.41, 5.74) is 0.287. The molecule has 0 atom stereocenters. The Kier molecular flexibility index (Phi) is 4.95. The van der Waals surface area contributed by atoms with Crippen LogP contribution in [0.25, 0.3) is 11.4 Å². The molecule has 8 heteroatoms. The second-order valence-electron chi connectivity index (χ2n) is 4.81. The molecule has 0 spiro atoms. The number of hydrogen-bond donors (Lipinski definition) is 1. The number of thioether (sulfide) groups is 1. The molecular weight excluding hydrogens is 334 g/mol. The van der Waals surface area contributed by atoms with Crippen molar-refractivity contribution >= 4 is 11.8 Å². The first-order valence-electron chi connectivity index (χ1n) is 7.11. The van der Waals surface area contributed by atoms with Gasteiger partial charge in [0.1, 0.15) is 17.4 Å². The van der Waals surface area contributed by atoms with Crippen molar-refractivity contribution in [3.8, 4) is 17.1 Å². The molecule has 0 saturated carbocycles. The fraction of sp³-hybridized carbons (Fsp3) is 0.125. The number of hydrogen-bond acceptors (Lipinski definition) is 5. The van der Waals surface area contributed by atoms with E-state index in [1.807, 2.05) is 0 Å². The maximum atomic E-state index is 13.8. The van der Waals surface area contributed by atoms with Crippen molar-refractivity contribution in [3.63, 3.8) is 0 Å². The van der Waals surface area contributed by atoms with Gasteiger partial charge in [-0.1, -0.05) is 30.0 Å². The van der Waals surface area contributed by atoms with Gasteiger partial charge in [0, 0.05) is 11.8 Å². The van der Waals surface area contributed by atoms with E-state index in [4.69, 9.17) is 10.6 Å². The van der Waals surface area contributed by atoms with Crippen LogP contribution in [-0.4, -0.2) is 27.2 Å². The van der Waals surface area contributed by atoms with Crippen LogP contribution in [0.15, 0.2) is 53.7 Å². The van der Waals surface area contributed by atoms with Gasteiger partial charge in [0.05, 0.1) is 12.2 Å². The van der Waals surface area contributed by atoms with Crippen LogP contribution in [0.2, 0.25) is 0 Å². The van der Waals surface area contributed by atoms with Gasteiger partial charge < -0.3 is 10.6 Å². The van der Waals surface area contributed by atoms with Crippen LogP contribution in [-0.2, 0) is 0 Å². The summed E-state index contributed by atoms with van der Waals surface area (Å²) in [6.07, 6.45) is 0. The van der Waals surface area contributed by atoms with Crippen LogP contribution in [0.4, 0.5) is 8.78 Å². The third-order valence-corrected chi connectivity index (χ3v) is 4.07. The number of benzene rings is 2. The lowest BCUT2D eigenvalue weighted by molar-refractivity contribution is 0.342. The molecule has 0 aliphatic carbocycles. The number of aromatic nitrogens is 3. The summed E-state index contributed by atoms with van der Waals surface area (Å²) in [5.74, 6) is 6.40. The minimum absolute atomic E-state index is 0.252. The molecule has 3 rings (SSSR count). The molecule has 3 aromatic rings. The average Bonchev–Trinajstić information content (AvgIpc) is 2.93. The van der Waals surface area contributed by atoms with Gasteiger partial charge in [0.25, 0.3) is 0 Å². The van der Waals surface area contributed by atoms with Crippen molar-refractivity contribution in [1.29, 1.82) is 0 Å². The summed E-state index contributed by atoms with van der Waals surface area (Å²) in [6, 6.07) is 12.1. The van der Waals surface area contributed by atoms with Gasteiger partial charge >= 0.3 is 0 Å². The molecule has 1 aromatic heterocycles. The lowest BCUT2D eigenvalue weighted by Gasteiger charge is -2.06. The zero-order valence-electron chi connectivity index (χ0n) is 12.5. The molecule has 0 bridgehead atoms. The minimum atomic E-state index is -0.414. The van der Waals surface area contributed by atoms with Gasteiger partial charge in [0.2, 0.25) is 5.16 Å². The molecule has 2 N–H and O–H groups in total. The first-order chi connectivity index (χ1) is 11.6. The second kappa shape index (κ2) is 7.31. The Morgan fingerprint density at radius 1 is 1.08 bits per heavy atom. The van der Waals surface area contributed by atoms with Gasteiger partial charge in [-0.2, -0.15) is 0 Å². The van der Waals surface area contributed by atoms with E-state index in [9.17, 15) is 8.78 Å². The highest BCUT2D eigenvalue weighted by Crippen LogP contribution is 2.23. The zero-order chi connectivity index (χ0) is 16.9. The van der Waals surface area contributed by atoms with Crippen LogP contribution in [0.5, 0.6) is 5.75 Å². The molecule has 5 nitrogen and oxygen atoms in total. The highest BCUT2D eigenvalue weighted by molar-refractivity contribution is 7.99. The van der Waals surface area contributed by atoms with Gasteiger partial charge in [0.15, 0.2) is 5.82 Å². The molecule has 2 aromatic carbocycles. The number of nitrogen functional groups attached to an aromatic ring is 1. The summed E-state index contributed by atoms with van der Waals surface area (Å²) in [5, 5.41) is 8.33. The van der Waals surface area contributed by atoms with E-state index in [0.29, 0.717) is 23.3 Å². The van der Waals surface area contributed by atoms with Crippen molar-refractivity contribution in [3.05, 3.63) is 60.2 Å². The number of nitrogens with zero attached hydrogens (tertiary/aromatic N) is 3. The SMILES string of the molecule is Nn1c(SCCOc2cccc(F)c2)nnc1-c1ccccc1F. The summed E-state index contributed by atoms with van der Waals surface area (Å²) in [7, 11) is 0. The van der Waals surface area contributed by atoms with Crippen LogP contribution < -0.4 is 10.6 Å². The van der Waals surface area contributed by atoms with E-state index in [1.165, 1.54) is 34.6 Å². The maximum Gasteiger partial charge on any atom is 0.210 e. The third-order valence-electron chi connectivity index (χ3n) is 3.16. The molecule has 0 saturated heterocycles. The Morgan fingerprint density at radius 3 is 2.71 bits per heavy atom. The number of halogens is 2. The Balaban J connectivity index is 1.60. The molecule has 24 heavy (non-hydrogen) atoms. The van der Waals surface area contributed by atoms with Crippen molar-refractivity contribution < 1.29 is 13.5 Å². The highest BCUT2D eigenvalue weighted by atomic mass is 32.2. The van der Waals surface area contributed by atoms with Crippen LogP contribution >= 0.6 is 11.8 Å². The maximum absolute atomic E-state index is 13.8. The van der Waals surface area contributed by atoms with Gasteiger partial charge in [-0.05, 0) is 24.3 Å². The van der Waals surface area contributed by atoms with E-state index >= 15 is 0 Å². The Bertz CT molecular complexity index is 840. The molecule has 0 fully saturated rings. The lowest BCUT2D eigenvalue weighted by Crippen LogP contribution is -2.12. The molecule has 124 valence electrons. The molecule has 0 unspecified atom stereocenters. The fourth-order valence-electron chi connectivity index (χ4n) is 2.05. The highest BCUT2D eigenvalue weighted by Gasteiger charge is 2.15. The summed E-state index contributed by atoms with van der Waals surface area (Å²) >= 11 is 1.31. The van der Waals surface area contributed by atoms with Crippen molar-refractivity contribution in [1.82, 2.24) is 14.9 Å². The topological polar surface area (TPSA) is 66.0 Å². The van der Waals surface area contributed by atoms with Gasteiger partial charge in [-0.3, -0.25) is 0 Å². The Morgan fingerprint density at radius 2 is 1.92 bits per heavy atom. The van der Waals surface area contributed by atoms with Gasteiger partial charge in [-0.25, -0.2) is 13.5 Å². The molecular formula is C16H14F2N4OS. The normalized spacial score (nSPS) is 10.8. The third kappa shape index (κ3) is 3.65. The minimum Gasteiger partial charge on any atom is -0.493 e. The standard InChI is InChI=1S/C16H14F2N4OS/c17-11-4-3-5-12(10-11)23-8-9-24-16-21-20-15(22(16)19)13-6-1-2-7-14(13)18/h1-7,10H,8-9,19H2. The van der Waals surface area contributed by atoms with Crippen LogP contribution in [0.1, 0.15) is 0 Å².